The molecule has 0 unspecified atom stereocenters. The van der Waals surface area contributed by atoms with Crippen LogP contribution in [0.3, 0.4) is 0 Å². The van der Waals surface area contributed by atoms with Gasteiger partial charge in [-0.15, -0.1) is 0 Å². The van der Waals surface area contributed by atoms with Gasteiger partial charge in [0, 0.05) is 13.7 Å². The number of nitrogens with zero attached hydrogens (tertiary/aromatic N) is 1. The van der Waals surface area contributed by atoms with Crippen molar-refractivity contribution in [3.63, 3.8) is 0 Å². The van der Waals surface area contributed by atoms with Crippen LogP contribution < -0.4 is 0 Å². The van der Waals surface area contributed by atoms with Crippen LogP contribution in [0.1, 0.15) is 0 Å². The second-order valence-electron chi connectivity index (χ2n) is 1.53. The lowest BCUT2D eigenvalue weighted by Gasteiger charge is -2.03. The van der Waals surface area contributed by atoms with Crippen molar-refractivity contribution in [2.24, 2.45) is 0 Å². The minimum Gasteiger partial charge on any atom is -0.400 e. The average Bonchev–Trinajstić information content (AvgIpc) is 1.72. The van der Waals surface area contributed by atoms with Crippen LogP contribution in [0.2, 0.25) is 0 Å². The Labute approximate surface area is 50.6 Å². The zero-order valence-electron chi connectivity index (χ0n) is 5.76. The van der Waals surface area contributed by atoms with E-state index >= 15 is 0 Å². The zero-order valence-corrected chi connectivity index (χ0v) is 5.76. The Morgan fingerprint density at radius 2 is 1.62 bits per heavy atom. The maximum absolute atomic E-state index is 8.20. The Morgan fingerprint density at radius 1 is 1.25 bits per heavy atom. The summed E-state index contributed by atoms with van der Waals surface area (Å²) in [6, 6.07) is 0. The Morgan fingerprint density at radius 3 is 1.62 bits per heavy atom. The molecule has 0 fully saturated rings. The first kappa shape index (κ1) is 10.8. The number of hydrogen-bond donors (Lipinski definition) is 2. The summed E-state index contributed by atoms with van der Waals surface area (Å²) in [6.07, 6.45) is 0. The molecule has 0 aromatic rings. The number of aliphatic hydroxyl groups is 2. The van der Waals surface area contributed by atoms with E-state index in [1.807, 2.05) is 19.0 Å². The van der Waals surface area contributed by atoms with Crippen molar-refractivity contribution in [1.29, 1.82) is 0 Å². The van der Waals surface area contributed by atoms with Crippen molar-refractivity contribution in [2.45, 2.75) is 0 Å². The smallest absolute Gasteiger partial charge is 0.0558 e. The van der Waals surface area contributed by atoms with Crippen molar-refractivity contribution >= 4 is 0 Å². The molecule has 0 aromatic heterocycles. The average molecular weight is 121 g/mol. The van der Waals surface area contributed by atoms with Crippen LogP contribution in [0.5, 0.6) is 0 Å². The minimum absolute atomic E-state index is 0.257. The largest absolute Gasteiger partial charge is 0.400 e. The molecule has 0 bridgehead atoms. The molecule has 0 radical (unpaired) electrons. The van der Waals surface area contributed by atoms with Crippen LogP contribution in [0, 0.1) is 0 Å². The summed E-state index contributed by atoms with van der Waals surface area (Å²) < 4.78 is 0. The fraction of sp³-hybridized carbons (Fsp3) is 1.00. The van der Waals surface area contributed by atoms with E-state index in [4.69, 9.17) is 10.2 Å². The first-order valence-electron chi connectivity index (χ1n) is 2.47. The molecule has 0 aliphatic rings. The van der Waals surface area contributed by atoms with Crippen LogP contribution in [0.4, 0.5) is 0 Å². The molecule has 0 aliphatic heterocycles. The van der Waals surface area contributed by atoms with E-state index in [0.29, 0.717) is 0 Å². The van der Waals surface area contributed by atoms with Gasteiger partial charge < -0.3 is 15.1 Å². The molecule has 0 heterocycles. The SMILES string of the molecule is CN(C)CCO.CO. The van der Waals surface area contributed by atoms with Gasteiger partial charge in [0.05, 0.1) is 6.61 Å². The molecule has 0 rings (SSSR count). The Hall–Kier alpha value is -0.120. The highest BCUT2D eigenvalue weighted by molar-refractivity contribution is 4.34. The molecule has 0 aliphatic carbocycles. The summed E-state index contributed by atoms with van der Waals surface area (Å²) in [5, 5.41) is 15.2. The molecule has 0 saturated heterocycles. The van der Waals surface area contributed by atoms with E-state index < -0.39 is 0 Å². The first-order chi connectivity index (χ1) is 3.77. The summed E-state index contributed by atoms with van der Waals surface area (Å²) in [4.78, 5) is 1.93. The Balaban J connectivity index is 0. The van der Waals surface area contributed by atoms with Gasteiger partial charge in [-0.25, -0.2) is 0 Å². The summed E-state index contributed by atoms with van der Waals surface area (Å²) in [5.74, 6) is 0. The lowest BCUT2D eigenvalue weighted by atomic mass is 10.6. The zero-order chi connectivity index (χ0) is 6.99. The second kappa shape index (κ2) is 9.99. The third kappa shape index (κ3) is 16.9. The third-order valence-corrected chi connectivity index (χ3v) is 0.547. The van der Waals surface area contributed by atoms with Crippen LogP contribution in [-0.4, -0.2) is 49.5 Å². The third-order valence-electron chi connectivity index (χ3n) is 0.547. The van der Waals surface area contributed by atoms with E-state index in [1.54, 1.807) is 0 Å². The fourth-order valence-corrected chi connectivity index (χ4v) is 0.200. The Kier molecular flexibility index (Phi) is 13.5. The van der Waals surface area contributed by atoms with Gasteiger partial charge >= 0.3 is 0 Å². The van der Waals surface area contributed by atoms with Crippen molar-refractivity contribution in [3.8, 4) is 0 Å². The monoisotopic (exact) mass is 121 g/mol. The molecule has 3 heteroatoms. The van der Waals surface area contributed by atoms with Gasteiger partial charge in [0.15, 0.2) is 0 Å². The lowest BCUT2D eigenvalue weighted by molar-refractivity contribution is 0.243. The van der Waals surface area contributed by atoms with E-state index in [1.165, 1.54) is 0 Å². The maximum Gasteiger partial charge on any atom is 0.0558 e. The predicted molar refractivity (Wildman–Crippen MR) is 33.8 cm³/mol. The van der Waals surface area contributed by atoms with Gasteiger partial charge in [0.25, 0.3) is 0 Å². The molecule has 3 nitrogen and oxygen atoms in total. The second-order valence-corrected chi connectivity index (χ2v) is 1.53. The first-order valence-corrected chi connectivity index (χ1v) is 2.47. The lowest BCUT2D eigenvalue weighted by Crippen LogP contribution is -2.15. The molecule has 0 atom stereocenters. The highest BCUT2D eigenvalue weighted by atomic mass is 16.3. The van der Waals surface area contributed by atoms with Crippen molar-refractivity contribution in [3.05, 3.63) is 0 Å². The molecule has 0 aromatic carbocycles. The minimum atomic E-state index is 0.257. The normalized spacial score (nSPS) is 8.25. The van der Waals surface area contributed by atoms with Crippen LogP contribution >= 0.6 is 0 Å². The van der Waals surface area contributed by atoms with Gasteiger partial charge in [0.1, 0.15) is 0 Å². The van der Waals surface area contributed by atoms with Gasteiger partial charge in [-0.05, 0) is 14.1 Å². The highest BCUT2D eigenvalue weighted by Gasteiger charge is 1.80. The maximum atomic E-state index is 8.20. The molecule has 0 saturated carbocycles. The Bertz CT molecular complexity index is 31.6. The van der Waals surface area contributed by atoms with E-state index in [9.17, 15) is 0 Å². The number of rotatable bonds is 2. The van der Waals surface area contributed by atoms with Crippen LogP contribution in [0.15, 0.2) is 0 Å². The summed E-state index contributed by atoms with van der Waals surface area (Å²) in [7, 11) is 4.85. The molecule has 0 amide bonds. The predicted octanol–water partition coefficient (Wildman–Crippen LogP) is -0.851. The van der Waals surface area contributed by atoms with Crippen molar-refractivity contribution in [1.82, 2.24) is 4.90 Å². The number of aliphatic hydroxyl groups excluding tert-OH is 2. The molecule has 0 spiro atoms. The van der Waals surface area contributed by atoms with Crippen molar-refractivity contribution < 1.29 is 10.2 Å². The van der Waals surface area contributed by atoms with Crippen molar-refractivity contribution in [2.75, 3.05) is 34.4 Å². The molecule has 52 valence electrons. The summed E-state index contributed by atoms with van der Waals surface area (Å²) >= 11 is 0. The molecule has 8 heavy (non-hydrogen) atoms. The van der Waals surface area contributed by atoms with E-state index in [2.05, 4.69) is 0 Å². The van der Waals surface area contributed by atoms with Gasteiger partial charge in [0.2, 0.25) is 0 Å². The van der Waals surface area contributed by atoms with E-state index in [0.717, 1.165) is 13.7 Å². The summed E-state index contributed by atoms with van der Waals surface area (Å²) in [6.45, 7) is 1.02. The van der Waals surface area contributed by atoms with Gasteiger partial charge in [-0.1, -0.05) is 0 Å². The summed E-state index contributed by atoms with van der Waals surface area (Å²) in [5.41, 5.74) is 0. The van der Waals surface area contributed by atoms with Crippen LogP contribution in [0.25, 0.3) is 0 Å². The van der Waals surface area contributed by atoms with E-state index in [-0.39, 0.29) is 6.61 Å². The highest BCUT2D eigenvalue weighted by Crippen LogP contribution is 1.66. The van der Waals surface area contributed by atoms with Gasteiger partial charge in [-0.2, -0.15) is 0 Å². The molecule has 2 N–H and O–H groups in total. The molecular weight excluding hydrogens is 106 g/mol. The quantitative estimate of drug-likeness (QED) is 0.500. The number of likely N-dealkylation sites (N-methyl/N-ethyl adjacent to an activating group) is 1. The van der Waals surface area contributed by atoms with Gasteiger partial charge in [-0.3, -0.25) is 0 Å². The van der Waals surface area contributed by atoms with Crippen LogP contribution in [-0.2, 0) is 0 Å². The number of hydrogen-bond acceptors (Lipinski definition) is 3. The fourth-order valence-electron chi connectivity index (χ4n) is 0.200. The topological polar surface area (TPSA) is 43.7 Å². The standard InChI is InChI=1S/C4H11NO.CH4O/c1-5(2)3-4-6;1-2/h6H,3-4H2,1-2H3;2H,1H3. The molecular formula is C5H15NO2.